The van der Waals surface area contributed by atoms with Crippen LogP contribution < -0.4 is 0 Å². The van der Waals surface area contributed by atoms with E-state index < -0.39 is 11.6 Å². The largest absolute Gasteiger partial charge is 0.204 e. The fraction of sp³-hybridized carbons (Fsp3) is 0.300. The number of benzene rings is 2. The van der Waals surface area contributed by atoms with Crippen molar-refractivity contribution < 1.29 is 8.78 Å². The van der Waals surface area contributed by atoms with Gasteiger partial charge in [-0.05, 0) is 66.3 Å². The molecule has 0 N–H and O–H groups in total. The molecular formula is C20H20F2. The van der Waals surface area contributed by atoms with E-state index in [9.17, 15) is 8.78 Å². The molecule has 0 spiro atoms. The lowest BCUT2D eigenvalue weighted by Crippen LogP contribution is -2.11. The van der Waals surface area contributed by atoms with Crippen LogP contribution >= 0.6 is 0 Å². The summed E-state index contributed by atoms with van der Waals surface area (Å²) in [6, 6.07) is 12.3. The highest BCUT2D eigenvalue weighted by Crippen LogP contribution is 2.36. The average Bonchev–Trinajstić information content (AvgIpc) is 2.58. The van der Waals surface area contributed by atoms with Crippen molar-refractivity contribution in [3.05, 3.63) is 72.3 Å². The minimum atomic E-state index is -0.806. The Bertz CT molecular complexity index is 650. The van der Waals surface area contributed by atoms with Gasteiger partial charge in [0.25, 0.3) is 0 Å². The van der Waals surface area contributed by atoms with Crippen molar-refractivity contribution in [1.82, 2.24) is 0 Å². The summed E-state index contributed by atoms with van der Waals surface area (Å²) in [6.07, 6.45) is 6.88. The second-order valence-corrected chi connectivity index (χ2v) is 6.10. The molecule has 22 heavy (non-hydrogen) atoms. The average molecular weight is 298 g/mol. The first-order chi connectivity index (χ1) is 10.7. The molecule has 0 atom stereocenters. The number of halogens is 2. The fourth-order valence-corrected chi connectivity index (χ4v) is 3.31. The second kappa shape index (κ2) is 6.43. The normalized spacial score (nSPS) is 21.5. The van der Waals surface area contributed by atoms with Crippen LogP contribution in [0.5, 0.6) is 0 Å². The number of hydrogen-bond acceptors (Lipinski definition) is 0. The molecule has 0 unspecified atom stereocenters. The molecule has 0 saturated heterocycles. The minimum absolute atomic E-state index is 0.607. The molecule has 1 fully saturated rings. The predicted octanol–water partition coefficient (Wildman–Crippen LogP) is 6.09. The molecule has 1 aliphatic carbocycles. The Hall–Kier alpha value is -1.96. The smallest absolute Gasteiger partial charge is 0.159 e. The molecule has 2 heteroatoms. The summed E-state index contributed by atoms with van der Waals surface area (Å²) in [5.41, 5.74) is 2.97. The Balaban J connectivity index is 1.75. The molecule has 0 radical (unpaired) electrons. The first-order valence-electron chi connectivity index (χ1n) is 7.85. The van der Waals surface area contributed by atoms with Crippen LogP contribution in [0.25, 0.3) is 11.1 Å². The van der Waals surface area contributed by atoms with Gasteiger partial charge in [0.15, 0.2) is 11.6 Å². The summed E-state index contributed by atoms with van der Waals surface area (Å²) < 4.78 is 26.3. The van der Waals surface area contributed by atoms with Crippen LogP contribution in [0.2, 0.25) is 0 Å². The zero-order chi connectivity index (χ0) is 15.5. The maximum absolute atomic E-state index is 13.3. The molecule has 0 amide bonds. The van der Waals surface area contributed by atoms with Gasteiger partial charge in [-0.3, -0.25) is 0 Å². The molecule has 0 nitrogen and oxygen atoms in total. The lowest BCUT2D eigenvalue weighted by atomic mass is 9.78. The summed E-state index contributed by atoms with van der Waals surface area (Å²) in [5, 5.41) is 0. The van der Waals surface area contributed by atoms with Gasteiger partial charge in [-0.2, -0.15) is 0 Å². The number of rotatable bonds is 3. The zero-order valence-electron chi connectivity index (χ0n) is 12.6. The maximum Gasteiger partial charge on any atom is 0.159 e. The van der Waals surface area contributed by atoms with Crippen molar-refractivity contribution in [3.63, 3.8) is 0 Å². The van der Waals surface area contributed by atoms with Crippen LogP contribution in [0.3, 0.4) is 0 Å². The standard InChI is InChI=1S/C20H20F2/c1-2-14-3-5-15(6-4-14)16-7-9-17(10-8-16)18-11-12-19(21)20(22)13-18/h2,7-15H,1,3-6H2. The SMILES string of the molecule is C=CC1CCC(c2ccc(-c3ccc(F)c(F)c3)cc2)CC1. The number of allylic oxidation sites excluding steroid dienone is 1. The van der Waals surface area contributed by atoms with Crippen molar-refractivity contribution >= 4 is 0 Å². The van der Waals surface area contributed by atoms with Crippen molar-refractivity contribution in [2.45, 2.75) is 31.6 Å². The first kappa shape index (κ1) is 15.0. The maximum atomic E-state index is 13.3. The Morgan fingerprint density at radius 1 is 0.818 bits per heavy atom. The van der Waals surface area contributed by atoms with Crippen molar-refractivity contribution in [1.29, 1.82) is 0 Å². The molecule has 1 aliphatic rings. The molecule has 2 aromatic carbocycles. The molecule has 0 aromatic heterocycles. The van der Waals surface area contributed by atoms with Gasteiger partial charge in [0.05, 0.1) is 0 Å². The second-order valence-electron chi connectivity index (χ2n) is 6.10. The van der Waals surface area contributed by atoms with E-state index in [4.69, 9.17) is 0 Å². The molecule has 114 valence electrons. The van der Waals surface area contributed by atoms with Gasteiger partial charge in [0.2, 0.25) is 0 Å². The summed E-state index contributed by atoms with van der Waals surface area (Å²) >= 11 is 0. The highest BCUT2D eigenvalue weighted by atomic mass is 19.2. The molecule has 0 aliphatic heterocycles. The van der Waals surface area contributed by atoms with Crippen molar-refractivity contribution in [2.75, 3.05) is 0 Å². The van der Waals surface area contributed by atoms with Crippen LogP contribution in [0.15, 0.2) is 55.1 Å². The third-order valence-electron chi connectivity index (χ3n) is 4.74. The summed E-state index contributed by atoms with van der Waals surface area (Å²) in [4.78, 5) is 0. The Morgan fingerprint density at radius 3 is 2.05 bits per heavy atom. The van der Waals surface area contributed by atoms with Crippen LogP contribution in [0.1, 0.15) is 37.2 Å². The van der Waals surface area contributed by atoms with E-state index in [2.05, 4.69) is 24.8 Å². The number of hydrogen-bond donors (Lipinski definition) is 0. The van der Waals surface area contributed by atoms with E-state index in [1.165, 1.54) is 43.4 Å². The van der Waals surface area contributed by atoms with Crippen LogP contribution in [-0.2, 0) is 0 Å². The van der Waals surface area contributed by atoms with Gasteiger partial charge in [0, 0.05) is 0 Å². The van der Waals surface area contributed by atoms with Crippen molar-refractivity contribution in [2.24, 2.45) is 5.92 Å². The van der Waals surface area contributed by atoms with Gasteiger partial charge in [-0.25, -0.2) is 8.78 Å². The van der Waals surface area contributed by atoms with Gasteiger partial charge in [0.1, 0.15) is 0 Å². The molecule has 2 aromatic rings. The third-order valence-corrected chi connectivity index (χ3v) is 4.74. The van der Waals surface area contributed by atoms with Gasteiger partial charge >= 0.3 is 0 Å². The molecule has 0 heterocycles. The van der Waals surface area contributed by atoms with Gasteiger partial charge in [-0.1, -0.05) is 36.4 Å². The van der Waals surface area contributed by atoms with Gasteiger partial charge < -0.3 is 0 Å². The molecule has 0 bridgehead atoms. The molecule has 1 saturated carbocycles. The predicted molar refractivity (Wildman–Crippen MR) is 86.7 cm³/mol. The van der Waals surface area contributed by atoms with Crippen LogP contribution in [0.4, 0.5) is 8.78 Å². The molecular weight excluding hydrogens is 278 g/mol. The van der Waals surface area contributed by atoms with E-state index in [0.29, 0.717) is 17.4 Å². The van der Waals surface area contributed by atoms with Crippen molar-refractivity contribution in [3.8, 4) is 11.1 Å². The third kappa shape index (κ3) is 3.11. The highest BCUT2D eigenvalue weighted by Gasteiger charge is 2.20. The summed E-state index contributed by atoms with van der Waals surface area (Å²) in [7, 11) is 0. The van der Waals surface area contributed by atoms with Gasteiger partial charge in [-0.15, -0.1) is 6.58 Å². The van der Waals surface area contributed by atoms with E-state index in [0.717, 1.165) is 5.56 Å². The first-order valence-corrected chi connectivity index (χ1v) is 7.85. The van der Waals surface area contributed by atoms with E-state index >= 15 is 0 Å². The topological polar surface area (TPSA) is 0 Å². The fourth-order valence-electron chi connectivity index (χ4n) is 3.31. The zero-order valence-corrected chi connectivity index (χ0v) is 12.6. The Labute approximate surface area is 130 Å². The van der Waals surface area contributed by atoms with E-state index in [1.54, 1.807) is 6.07 Å². The minimum Gasteiger partial charge on any atom is -0.204 e. The van der Waals surface area contributed by atoms with Crippen LogP contribution in [0, 0.1) is 17.6 Å². The monoisotopic (exact) mass is 298 g/mol. The highest BCUT2D eigenvalue weighted by molar-refractivity contribution is 5.63. The summed E-state index contributed by atoms with van der Waals surface area (Å²) in [6.45, 7) is 3.88. The molecule has 3 rings (SSSR count). The van der Waals surface area contributed by atoms with E-state index in [-0.39, 0.29) is 0 Å². The lowest BCUT2D eigenvalue weighted by molar-refractivity contribution is 0.376. The quantitative estimate of drug-likeness (QED) is 0.601. The van der Waals surface area contributed by atoms with Crippen LogP contribution in [-0.4, -0.2) is 0 Å². The van der Waals surface area contributed by atoms with E-state index in [1.807, 2.05) is 12.1 Å². The Morgan fingerprint density at radius 2 is 1.45 bits per heavy atom. The lowest BCUT2D eigenvalue weighted by Gasteiger charge is -2.27. The Kier molecular flexibility index (Phi) is 4.37. The summed E-state index contributed by atoms with van der Waals surface area (Å²) in [5.74, 6) is -0.336.